The van der Waals surface area contributed by atoms with Crippen molar-refractivity contribution in [2.75, 3.05) is 20.1 Å². The predicted molar refractivity (Wildman–Crippen MR) is 95.8 cm³/mol. The fourth-order valence-corrected chi connectivity index (χ4v) is 3.12. The lowest BCUT2D eigenvalue weighted by atomic mass is 9.93. The maximum atomic E-state index is 12.4. The number of nitrogens with zero attached hydrogens (tertiary/aromatic N) is 1. The average molecular weight is 363 g/mol. The van der Waals surface area contributed by atoms with Crippen LogP contribution in [0.2, 0.25) is 0 Å². The van der Waals surface area contributed by atoms with Gasteiger partial charge in [0.15, 0.2) is 9.84 Å². The molecule has 0 aromatic heterocycles. The van der Waals surface area contributed by atoms with Crippen molar-refractivity contribution < 1.29 is 13.2 Å². The van der Waals surface area contributed by atoms with Gasteiger partial charge in [0, 0.05) is 19.2 Å². The van der Waals surface area contributed by atoms with E-state index in [1.807, 2.05) is 13.8 Å². The molecular weight excluding hydrogens is 336 g/mol. The van der Waals surface area contributed by atoms with Gasteiger partial charge < -0.3 is 10.6 Å². The number of rotatable bonds is 6. The second-order valence-corrected chi connectivity index (χ2v) is 9.15. The van der Waals surface area contributed by atoms with E-state index in [9.17, 15) is 13.2 Å². The number of hydrogen-bond donors (Lipinski definition) is 1. The van der Waals surface area contributed by atoms with Gasteiger partial charge in [0.2, 0.25) is 0 Å². The van der Waals surface area contributed by atoms with Gasteiger partial charge in [0.25, 0.3) is 5.91 Å². The summed E-state index contributed by atoms with van der Waals surface area (Å²) in [5, 5.41) is -0.484. The standard InChI is InChI=1S/C16H26N2O3S.ClH/c1-12(2)22(20,21)14-8-6-13(7-9-14)15(19)18(5)11-16(3,4)10-17;/h6-9,12H,10-11,17H2,1-5H3;1H. The normalized spacial score (nSPS) is 12.0. The van der Waals surface area contributed by atoms with E-state index >= 15 is 0 Å². The molecule has 5 nitrogen and oxygen atoms in total. The molecule has 0 bridgehead atoms. The Kier molecular flexibility index (Phi) is 7.73. The van der Waals surface area contributed by atoms with Crippen molar-refractivity contribution in [2.24, 2.45) is 11.1 Å². The molecule has 0 aliphatic carbocycles. The minimum atomic E-state index is -3.31. The van der Waals surface area contributed by atoms with Crippen molar-refractivity contribution in [1.82, 2.24) is 4.90 Å². The summed E-state index contributed by atoms with van der Waals surface area (Å²) >= 11 is 0. The third kappa shape index (κ3) is 5.48. The molecule has 2 N–H and O–H groups in total. The fraction of sp³-hybridized carbons (Fsp3) is 0.562. The highest BCUT2D eigenvalue weighted by atomic mass is 35.5. The number of benzene rings is 1. The van der Waals surface area contributed by atoms with Gasteiger partial charge in [0.05, 0.1) is 10.1 Å². The SMILES string of the molecule is CC(C)S(=O)(=O)c1ccc(C(=O)N(C)CC(C)(C)CN)cc1.Cl. The van der Waals surface area contributed by atoms with Crippen LogP contribution in [0.25, 0.3) is 0 Å². The Bertz CT molecular complexity index is 625. The fourth-order valence-electron chi connectivity index (χ4n) is 2.06. The Balaban J connectivity index is 0.00000484. The second-order valence-electron chi connectivity index (χ2n) is 6.65. The quantitative estimate of drug-likeness (QED) is 0.842. The molecular formula is C16H27ClN2O3S. The predicted octanol–water partition coefficient (Wildman–Crippen LogP) is 2.35. The van der Waals surface area contributed by atoms with Gasteiger partial charge in [-0.15, -0.1) is 12.4 Å². The van der Waals surface area contributed by atoms with Gasteiger partial charge in [-0.25, -0.2) is 8.42 Å². The zero-order valence-corrected chi connectivity index (χ0v) is 16.0. The van der Waals surface area contributed by atoms with Crippen LogP contribution in [0, 0.1) is 5.41 Å². The number of amides is 1. The van der Waals surface area contributed by atoms with Crippen molar-refractivity contribution in [1.29, 1.82) is 0 Å². The molecule has 0 saturated heterocycles. The van der Waals surface area contributed by atoms with Crippen LogP contribution in [0.5, 0.6) is 0 Å². The van der Waals surface area contributed by atoms with Crippen molar-refractivity contribution in [3.63, 3.8) is 0 Å². The number of hydrogen-bond acceptors (Lipinski definition) is 4. The van der Waals surface area contributed by atoms with Crippen LogP contribution >= 0.6 is 12.4 Å². The Morgan fingerprint density at radius 1 is 1.22 bits per heavy atom. The van der Waals surface area contributed by atoms with E-state index in [1.165, 1.54) is 12.1 Å². The van der Waals surface area contributed by atoms with E-state index < -0.39 is 15.1 Å². The lowest BCUT2D eigenvalue weighted by Gasteiger charge is -2.29. The average Bonchev–Trinajstić information content (AvgIpc) is 2.46. The highest BCUT2D eigenvalue weighted by Gasteiger charge is 2.23. The van der Waals surface area contributed by atoms with Crippen LogP contribution in [0.15, 0.2) is 29.2 Å². The van der Waals surface area contributed by atoms with Crippen LogP contribution in [0.4, 0.5) is 0 Å². The number of carbonyl (C=O) groups excluding carboxylic acids is 1. The third-order valence-corrected chi connectivity index (χ3v) is 5.79. The first-order chi connectivity index (χ1) is 10.0. The number of sulfone groups is 1. The molecule has 7 heteroatoms. The number of carbonyl (C=O) groups is 1. The van der Waals surface area contributed by atoms with Crippen molar-refractivity contribution in [3.05, 3.63) is 29.8 Å². The summed E-state index contributed by atoms with van der Waals surface area (Å²) < 4.78 is 24.1. The minimum absolute atomic E-state index is 0. The van der Waals surface area contributed by atoms with Crippen LogP contribution in [0.3, 0.4) is 0 Å². The van der Waals surface area contributed by atoms with Gasteiger partial charge in [-0.1, -0.05) is 13.8 Å². The van der Waals surface area contributed by atoms with Crippen molar-refractivity contribution in [3.8, 4) is 0 Å². The lowest BCUT2D eigenvalue weighted by molar-refractivity contribution is 0.0740. The molecule has 0 radical (unpaired) electrons. The van der Waals surface area contributed by atoms with Crippen molar-refractivity contribution >= 4 is 28.2 Å². The molecule has 0 spiro atoms. The molecule has 23 heavy (non-hydrogen) atoms. The second kappa shape index (κ2) is 8.13. The minimum Gasteiger partial charge on any atom is -0.341 e. The summed E-state index contributed by atoms with van der Waals surface area (Å²) in [6, 6.07) is 6.10. The summed E-state index contributed by atoms with van der Waals surface area (Å²) in [6.07, 6.45) is 0. The summed E-state index contributed by atoms with van der Waals surface area (Å²) in [6.45, 7) is 8.28. The first-order valence-corrected chi connectivity index (χ1v) is 8.85. The first kappa shape index (κ1) is 21.9. The highest BCUT2D eigenvalue weighted by molar-refractivity contribution is 7.92. The Morgan fingerprint density at radius 3 is 2.09 bits per heavy atom. The molecule has 1 amide bonds. The lowest BCUT2D eigenvalue weighted by Crippen LogP contribution is -2.39. The third-order valence-electron chi connectivity index (χ3n) is 3.61. The largest absolute Gasteiger partial charge is 0.341 e. The highest BCUT2D eigenvalue weighted by Crippen LogP contribution is 2.19. The number of nitrogens with two attached hydrogens (primary N) is 1. The topological polar surface area (TPSA) is 80.5 Å². The number of halogens is 1. The Morgan fingerprint density at radius 2 is 1.70 bits per heavy atom. The van der Waals surface area contributed by atoms with E-state index in [0.29, 0.717) is 18.7 Å². The van der Waals surface area contributed by atoms with E-state index in [2.05, 4.69) is 0 Å². The maximum absolute atomic E-state index is 12.4. The van der Waals surface area contributed by atoms with E-state index in [1.54, 1.807) is 37.9 Å². The molecule has 1 aromatic rings. The molecule has 0 aliphatic rings. The zero-order chi connectivity index (χ0) is 17.1. The summed E-state index contributed by atoms with van der Waals surface area (Å²) in [5.41, 5.74) is 5.99. The molecule has 0 fully saturated rings. The van der Waals surface area contributed by atoms with Gasteiger partial charge in [0.1, 0.15) is 0 Å². The van der Waals surface area contributed by atoms with E-state index in [4.69, 9.17) is 5.73 Å². The molecule has 0 unspecified atom stereocenters. The van der Waals surface area contributed by atoms with Gasteiger partial charge in [-0.3, -0.25) is 4.79 Å². The summed E-state index contributed by atoms with van der Waals surface area (Å²) in [4.78, 5) is 14.2. The van der Waals surface area contributed by atoms with Gasteiger partial charge in [-0.05, 0) is 50.1 Å². The Hall–Kier alpha value is -1.11. The first-order valence-electron chi connectivity index (χ1n) is 7.31. The van der Waals surface area contributed by atoms with Crippen LogP contribution in [-0.4, -0.2) is 44.6 Å². The summed E-state index contributed by atoms with van der Waals surface area (Å²) in [7, 11) is -1.59. The summed E-state index contributed by atoms with van der Waals surface area (Å²) in [5.74, 6) is -0.144. The van der Waals surface area contributed by atoms with Gasteiger partial charge in [-0.2, -0.15) is 0 Å². The molecule has 0 heterocycles. The van der Waals surface area contributed by atoms with Crippen LogP contribution < -0.4 is 5.73 Å². The molecule has 0 atom stereocenters. The molecule has 1 rings (SSSR count). The molecule has 1 aromatic carbocycles. The van der Waals surface area contributed by atoms with Crippen LogP contribution in [-0.2, 0) is 9.84 Å². The van der Waals surface area contributed by atoms with Crippen LogP contribution in [0.1, 0.15) is 38.1 Å². The van der Waals surface area contributed by atoms with Gasteiger partial charge >= 0.3 is 0 Å². The molecule has 0 aliphatic heterocycles. The van der Waals surface area contributed by atoms with Crippen molar-refractivity contribution in [2.45, 2.75) is 37.8 Å². The Labute approximate surface area is 145 Å². The molecule has 132 valence electrons. The monoisotopic (exact) mass is 362 g/mol. The zero-order valence-electron chi connectivity index (χ0n) is 14.4. The molecule has 0 saturated carbocycles. The van der Waals surface area contributed by atoms with E-state index in [0.717, 1.165) is 0 Å². The van der Waals surface area contributed by atoms with E-state index in [-0.39, 0.29) is 28.6 Å². The maximum Gasteiger partial charge on any atom is 0.253 e. The smallest absolute Gasteiger partial charge is 0.253 e.